The lowest BCUT2D eigenvalue weighted by molar-refractivity contribution is -0.145. The summed E-state index contributed by atoms with van der Waals surface area (Å²) in [5.74, 6) is -2.61. The van der Waals surface area contributed by atoms with Crippen LogP contribution in [-0.2, 0) is 9.59 Å². The Morgan fingerprint density at radius 3 is 1.90 bits per heavy atom. The minimum atomic E-state index is -1.82. The Balaban J connectivity index is 4.07. The summed E-state index contributed by atoms with van der Waals surface area (Å²) in [7, 11) is 0. The van der Waals surface area contributed by atoms with Crippen molar-refractivity contribution in [3.8, 4) is 0 Å². The van der Waals surface area contributed by atoms with Gasteiger partial charge in [-0.15, -0.1) is 0 Å². The Morgan fingerprint density at radius 1 is 1.40 bits per heavy atom. The lowest BCUT2D eigenvalue weighted by Crippen LogP contribution is -2.48. The summed E-state index contributed by atoms with van der Waals surface area (Å²) >= 11 is 0. The zero-order valence-electron chi connectivity index (χ0n) is 5.02. The van der Waals surface area contributed by atoms with Crippen LogP contribution in [0.15, 0.2) is 0 Å². The number of carboxylic acids is 1. The number of primary amides is 1. The quantitative estimate of drug-likeness (QED) is 0.345. The number of hydrogen-bond acceptors (Lipinski definition) is 4. The molecule has 0 aliphatic rings. The summed E-state index contributed by atoms with van der Waals surface area (Å²) in [5.41, 5.74) is 9.35. The molecule has 0 rings (SSSR count). The van der Waals surface area contributed by atoms with E-state index in [0.717, 1.165) is 0 Å². The third-order valence-corrected chi connectivity index (χ3v) is 0.917. The van der Waals surface area contributed by atoms with E-state index in [9.17, 15) is 9.59 Å². The summed E-state index contributed by atoms with van der Waals surface area (Å²) in [5, 5.41) is 16.7. The van der Waals surface area contributed by atoms with Crippen LogP contribution in [0, 0.1) is 0 Å². The first-order chi connectivity index (χ1) is 4.46. The lowest BCUT2D eigenvalue weighted by Gasteiger charge is -2.09. The average Bonchev–Trinajstić information content (AvgIpc) is 1.84. The van der Waals surface area contributed by atoms with Gasteiger partial charge in [0.1, 0.15) is 6.04 Å². The largest absolute Gasteiger partial charge is 0.480 e. The van der Waals surface area contributed by atoms with Gasteiger partial charge in [0.05, 0.1) is 0 Å². The van der Waals surface area contributed by atoms with Crippen LogP contribution in [0.2, 0.25) is 0 Å². The number of carbonyl (C=O) groups is 2. The van der Waals surface area contributed by atoms with Gasteiger partial charge in [0.2, 0.25) is 5.91 Å². The van der Waals surface area contributed by atoms with E-state index in [-0.39, 0.29) is 0 Å². The van der Waals surface area contributed by atoms with Crippen molar-refractivity contribution in [3.05, 3.63) is 0 Å². The van der Waals surface area contributed by atoms with Crippen molar-refractivity contribution in [2.75, 3.05) is 0 Å². The number of aliphatic carboxylic acids is 1. The Hall–Kier alpha value is -1.14. The number of nitrogens with two attached hydrogens (primary N) is 2. The molecule has 0 saturated carbocycles. The van der Waals surface area contributed by atoms with Crippen LogP contribution >= 0.6 is 0 Å². The van der Waals surface area contributed by atoms with Gasteiger partial charge in [-0.3, -0.25) is 9.59 Å². The van der Waals surface area contributed by atoms with Gasteiger partial charge < -0.3 is 21.7 Å². The minimum Gasteiger partial charge on any atom is -0.480 e. The SMILES string of the molecule is NC(=O)C(O)C(N)C(=O)O. The molecule has 0 saturated heterocycles. The van der Waals surface area contributed by atoms with Crippen molar-refractivity contribution < 1.29 is 19.8 Å². The van der Waals surface area contributed by atoms with E-state index < -0.39 is 24.0 Å². The van der Waals surface area contributed by atoms with Crippen LogP contribution in [0.4, 0.5) is 0 Å². The number of carbonyl (C=O) groups excluding carboxylic acids is 1. The molecule has 6 nitrogen and oxygen atoms in total. The third-order valence-electron chi connectivity index (χ3n) is 0.917. The Bertz CT molecular complexity index is 139. The smallest absolute Gasteiger partial charge is 0.323 e. The zero-order valence-corrected chi connectivity index (χ0v) is 5.02. The van der Waals surface area contributed by atoms with E-state index in [2.05, 4.69) is 5.73 Å². The molecule has 0 aromatic carbocycles. The summed E-state index contributed by atoms with van der Waals surface area (Å²) in [4.78, 5) is 20.0. The molecule has 2 atom stereocenters. The van der Waals surface area contributed by atoms with E-state index in [0.29, 0.717) is 0 Å². The van der Waals surface area contributed by atoms with E-state index in [1.54, 1.807) is 0 Å². The number of hydrogen-bond donors (Lipinski definition) is 4. The molecule has 6 N–H and O–H groups in total. The number of aliphatic hydroxyl groups is 1. The molecule has 0 aliphatic carbocycles. The Morgan fingerprint density at radius 2 is 1.80 bits per heavy atom. The zero-order chi connectivity index (χ0) is 8.31. The van der Waals surface area contributed by atoms with E-state index in [1.165, 1.54) is 0 Å². The van der Waals surface area contributed by atoms with Gasteiger partial charge in [0, 0.05) is 0 Å². The number of carboxylic acid groups (broad SMARTS) is 1. The Kier molecular flexibility index (Phi) is 2.78. The highest BCUT2D eigenvalue weighted by atomic mass is 16.4. The molecule has 0 aromatic heterocycles. The maximum absolute atomic E-state index is 10.1. The highest BCUT2D eigenvalue weighted by molar-refractivity contribution is 5.87. The fourth-order valence-corrected chi connectivity index (χ4v) is 0.312. The summed E-state index contributed by atoms with van der Waals surface area (Å²) < 4.78 is 0. The van der Waals surface area contributed by atoms with Crippen LogP contribution in [0.5, 0.6) is 0 Å². The van der Waals surface area contributed by atoms with Gasteiger partial charge in [-0.1, -0.05) is 0 Å². The average molecular weight is 148 g/mol. The van der Waals surface area contributed by atoms with Crippen molar-refractivity contribution in [3.63, 3.8) is 0 Å². The number of rotatable bonds is 3. The first-order valence-corrected chi connectivity index (χ1v) is 2.42. The van der Waals surface area contributed by atoms with E-state index >= 15 is 0 Å². The number of amides is 1. The van der Waals surface area contributed by atoms with Gasteiger partial charge >= 0.3 is 5.97 Å². The molecule has 6 heteroatoms. The molecule has 0 bridgehead atoms. The maximum Gasteiger partial charge on any atom is 0.323 e. The molecule has 1 amide bonds. The molecule has 58 valence electrons. The van der Waals surface area contributed by atoms with Gasteiger partial charge in [-0.2, -0.15) is 0 Å². The van der Waals surface area contributed by atoms with Crippen LogP contribution < -0.4 is 11.5 Å². The van der Waals surface area contributed by atoms with Gasteiger partial charge in [-0.05, 0) is 0 Å². The van der Waals surface area contributed by atoms with Crippen molar-refractivity contribution in [1.82, 2.24) is 0 Å². The monoisotopic (exact) mass is 148 g/mol. The normalized spacial score (nSPS) is 15.8. The highest BCUT2D eigenvalue weighted by Crippen LogP contribution is 1.87. The molecule has 0 heterocycles. The maximum atomic E-state index is 10.1. The molecule has 0 spiro atoms. The van der Waals surface area contributed by atoms with E-state index in [4.69, 9.17) is 15.9 Å². The van der Waals surface area contributed by atoms with Crippen molar-refractivity contribution in [2.24, 2.45) is 11.5 Å². The topological polar surface area (TPSA) is 127 Å². The first kappa shape index (κ1) is 8.86. The first-order valence-electron chi connectivity index (χ1n) is 2.42. The van der Waals surface area contributed by atoms with Crippen molar-refractivity contribution in [2.45, 2.75) is 12.1 Å². The van der Waals surface area contributed by atoms with Gasteiger partial charge in [0.25, 0.3) is 0 Å². The van der Waals surface area contributed by atoms with Crippen LogP contribution in [-0.4, -0.2) is 34.2 Å². The number of aliphatic hydroxyl groups excluding tert-OH is 1. The predicted molar refractivity (Wildman–Crippen MR) is 30.8 cm³/mol. The van der Waals surface area contributed by atoms with Crippen LogP contribution in [0.3, 0.4) is 0 Å². The molecule has 0 radical (unpaired) electrons. The standard InChI is InChI=1S/C4H8N2O4/c5-1(4(9)10)2(7)3(6)8/h1-2,7H,5H2,(H2,6,8)(H,9,10). The summed E-state index contributed by atoms with van der Waals surface area (Å²) in [6.45, 7) is 0. The molecular formula is C4H8N2O4. The molecule has 2 unspecified atom stereocenters. The molecule has 0 fully saturated rings. The van der Waals surface area contributed by atoms with Crippen LogP contribution in [0.25, 0.3) is 0 Å². The summed E-state index contributed by atoms with van der Waals surface area (Å²) in [6.07, 6.45) is -1.82. The summed E-state index contributed by atoms with van der Waals surface area (Å²) in [6, 6.07) is -1.64. The van der Waals surface area contributed by atoms with Crippen molar-refractivity contribution >= 4 is 11.9 Å². The van der Waals surface area contributed by atoms with Crippen LogP contribution in [0.1, 0.15) is 0 Å². The van der Waals surface area contributed by atoms with Gasteiger partial charge in [-0.25, -0.2) is 0 Å². The molecule has 10 heavy (non-hydrogen) atoms. The minimum absolute atomic E-state index is 1.14. The predicted octanol–water partition coefficient (Wildman–Crippen LogP) is -2.76. The van der Waals surface area contributed by atoms with E-state index in [1.807, 2.05) is 0 Å². The fraction of sp³-hybridized carbons (Fsp3) is 0.500. The molecule has 0 aliphatic heterocycles. The fourth-order valence-electron chi connectivity index (χ4n) is 0.312. The highest BCUT2D eigenvalue weighted by Gasteiger charge is 2.26. The van der Waals surface area contributed by atoms with Crippen molar-refractivity contribution in [1.29, 1.82) is 0 Å². The lowest BCUT2D eigenvalue weighted by atomic mass is 10.2. The third kappa shape index (κ3) is 2.00. The van der Waals surface area contributed by atoms with Gasteiger partial charge in [0.15, 0.2) is 6.10 Å². The molecular weight excluding hydrogens is 140 g/mol. The molecule has 0 aromatic rings. The second-order valence-electron chi connectivity index (χ2n) is 1.71. The Labute approximate surface area is 56.4 Å². The second-order valence-corrected chi connectivity index (χ2v) is 1.71. The second kappa shape index (κ2) is 3.14.